The lowest BCUT2D eigenvalue weighted by atomic mass is 10.1. The molecular formula is C20H22N4O3. The number of benzene rings is 2. The number of hydrogen-bond donors (Lipinski definition) is 2. The molecule has 1 fully saturated rings. The van der Waals surface area contributed by atoms with E-state index in [0.717, 1.165) is 40.9 Å². The van der Waals surface area contributed by atoms with E-state index >= 15 is 0 Å². The number of anilines is 1. The number of methoxy groups -OCH3 is 1. The highest BCUT2D eigenvalue weighted by molar-refractivity contribution is 6.00. The molecule has 3 aromatic rings. The molecule has 0 saturated carbocycles. The van der Waals surface area contributed by atoms with E-state index in [2.05, 4.69) is 15.5 Å². The lowest BCUT2D eigenvalue weighted by molar-refractivity contribution is 0.112. The fraction of sp³-hybridized carbons (Fsp3) is 0.300. The Kier molecular flexibility index (Phi) is 4.82. The molecule has 7 nitrogen and oxygen atoms in total. The van der Waals surface area contributed by atoms with E-state index in [0.29, 0.717) is 13.1 Å². The lowest BCUT2D eigenvalue weighted by Crippen LogP contribution is -2.43. The molecule has 1 aromatic heterocycles. The first-order chi connectivity index (χ1) is 13.2. The minimum Gasteiger partial charge on any atom is -0.493 e. The molecule has 0 radical (unpaired) electrons. The molecular weight excluding hydrogens is 344 g/mol. The average Bonchev–Trinajstić information content (AvgIpc) is 3.19. The summed E-state index contributed by atoms with van der Waals surface area (Å²) in [5.74, 6) is 1.47. The maximum atomic E-state index is 12.6. The molecule has 1 aliphatic heterocycles. The fourth-order valence-corrected chi connectivity index (χ4v) is 3.34. The Morgan fingerprint density at radius 1 is 1.15 bits per heavy atom. The molecule has 140 valence electrons. The highest BCUT2D eigenvalue weighted by Crippen LogP contribution is 2.29. The van der Waals surface area contributed by atoms with Crippen molar-refractivity contribution in [1.82, 2.24) is 15.1 Å². The molecule has 2 heterocycles. The van der Waals surface area contributed by atoms with E-state index in [1.165, 1.54) is 0 Å². The van der Waals surface area contributed by atoms with Crippen molar-refractivity contribution in [3.05, 3.63) is 48.7 Å². The molecule has 2 N–H and O–H groups in total. The number of aromatic nitrogens is 2. The summed E-state index contributed by atoms with van der Waals surface area (Å²) in [5, 5.41) is 10.8. The van der Waals surface area contributed by atoms with Crippen LogP contribution in [-0.2, 0) is 0 Å². The summed E-state index contributed by atoms with van der Waals surface area (Å²) in [5.41, 5.74) is 1.66. The van der Waals surface area contributed by atoms with Crippen LogP contribution in [0.5, 0.6) is 11.5 Å². The van der Waals surface area contributed by atoms with Crippen LogP contribution in [0.1, 0.15) is 12.8 Å². The topological polar surface area (TPSA) is 79.5 Å². The molecule has 0 unspecified atom stereocenters. The van der Waals surface area contributed by atoms with Crippen LogP contribution in [0.25, 0.3) is 10.9 Å². The van der Waals surface area contributed by atoms with Gasteiger partial charge in [-0.15, -0.1) is 0 Å². The monoisotopic (exact) mass is 366 g/mol. The number of para-hydroxylation sites is 2. The minimum absolute atomic E-state index is 0.0719. The third-order valence-electron chi connectivity index (χ3n) is 4.82. The summed E-state index contributed by atoms with van der Waals surface area (Å²) in [4.78, 5) is 14.4. The molecule has 2 amide bonds. The van der Waals surface area contributed by atoms with E-state index in [-0.39, 0.29) is 12.1 Å². The third kappa shape index (κ3) is 3.67. The fourth-order valence-electron chi connectivity index (χ4n) is 3.34. The van der Waals surface area contributed by atoms with E-state index in [1.807, 2.05) is 47.4 Å². The summed E-state index contributed by atoms with van der Waals surface area (Å²) in [7, 11) is 1.63. The van der Waals surface area contributed by atoms with Gasteiger partial charge in [0.25, 0.3) is 0 Å². The summed E-state index contributed by atoms with van der Waals surface area (Å²) in [6, 6.07) is 13.2. The number of aromatic amines is 1. The molecule has 0 atom stereocenters. The zero-order valence-corrected chi connectivity index (χ0v) is 15.1. The predicted octanol–water partition coefficient (Wildman–Crippen LogP) is 3.65. The van der Waals surface area contributed by atoms with Crippen molar-refractivity contribution in [2.75, 3.05) is 25.5 Å². The van der Waals surface area contributed by atoms with Crippen molar-refractivity contribution in [3.8, 4) is 11.5 Å². The Balaban J connectivity index is 1.35. The summed E-state index contributed by atoms with van der Waals surface area (Å²) < 4.78 is 11.4. The number of nitrogens with one attached hydrogen (secondary N) is 2. The van der Waals surface area contributed by atoms with Crippen molar-refractivity contribution in [2.24, 2.45) is 0 Å². The van der Waals surface area contributed by atoms with Gasteiger partial charge in [0.05, 0.1) is 24.5 Å². The average molecular weight is 366 g/mol. The number of amides is 2. The molecule has 1 aliphatic rings. The molecule has 1 saturated heterocycles. The minimum atomic E-state index is -0.0977. The van der Waals surface area contributed by atoms with Gasteiger partial charge in [0, 0.05) is 31.3 Å². The maximum Gasteiger partial charge on any atom is 0.321 e. The normalized spacial score (nSPS) is 14.9. The first-order valence-corrected chi connectivity index (χ1v) is 9.02. The van der Waals surface area contributed by atoms with Crippen molar-refractivity contribution in [2.45, 2.75) is 18.9 Å². The molecule has 0 spiro atoms. The highest BCUT2D eigenvalue weighted by atomic mass is 16.5. The molecule has 2 aromatic carbocycles. The summed E-state index contributed by atoms with van der Waals surface area (Å²) >= 11 is 0. The van der Waals surface area contributed by atoms with Crippen molar-refractivity contribution in [3.63, 3.8) is 0 Å². The Hall–Kier alpha value is -3.22. The number of likely N-dealkylation sites (tertiary alicyclic amines) is 1. The van der Waals surface area contributed by atoms with E-state index in [4.69, 9.17) is 9.47 Å². The van der Waals surface area contributed by atoms with Crippen LogP contribution in [0.2, 0.25) is 0 Å². The second-order valence-corrected chi connectivity index (χ2v) is 6.52. The summed E-state index contributed by atoms with van der Waals surface area (Å²) in [6.07, 6.45) is 3.35. The first-order valence-electron chi connectivity index (χ1n) is 9.02. The van der Waals surface area contributed by atoms with Gasteiger partial charge < -0.3 is 19.7 Å². The standard InChI is InChI=1S/C20H22N4O3/c1-26-18-7-2-3-8-19(18)27-14-9-11-24(12-10-14)20(25)22-16-5-4-6-17-15(16)13-21-23-17/h2-8,13-14H,9-12H2,1H3,(H,21,23)(H,22,25). The van der Waals surface area contributed by atoms with Gasteiger partial charge >= 0.3 is 6.03 Å². The van der Waals surface area contributed by atoms with Gasteiger partial charge in [-0.05, 0) is 24.3 Å². The van der Waals surface area contributed by atoms with Gasteiger partial charge in [0.15, 0.2) is 11.5 Å². The largest absolute Gasteiger partial charge is 0.493 e. The van der Waals surface area contributed by atoms with Gasteiger partial charge in [-0.2, -0.15) is 5.10 Å². The third-order valence-corrected chi connectivity index (χ3v) is 4.82. The molecule has 27 heavy (non-hydrogen) atoms. The first kappa shape index (κ1) is 17.2. The Labute approximate surface area is 157 Å². The molecule has 7 heteroatoms. The van der Waals surface area contributed by atoms with Crippen LogP contribution >= 0.6 is 0 Å². The number of H-pyrrole nitrogens is 1. The smallest absolute Gasteiger partial charge is 0.321 e. The molecule has 0 aliphatic carbocycles. The number of carbonyl (C=O) groups is 1. The lowest BCUT2D eigenvalue weighted by Gasteiger charge is -2.32. The van der Waals surface area contributed by atoms with Crippen LogP contribution in [0.4, 0.5) is 10.5 Å². The van der Waals surface area contributed by atoms with E-state index in [9.17, 15) is 4.79 Å². The SMILES string of the molecule is COc1ccccc1OC1CCN(C(=O)Nc2cccc3[nH]ncc23)CC1. The second-order valence-electron chi connectivity index (χ2n) is 6.52. The molecule has 4 rings (SSSR count). The van der Waals surface area contributed by atoms with Crippen molar-refractivity contribution >= 4 is 22.6 Å². The van der Waals surface area contributed by atoms with Gasteiger partial charge in [-0.1, -0.05) is 18.2 Å². The van der Waals surface area contributed by atoms with Crippen LogP contribution in [0.3, 0.4) is 0 Å². The van der Waals surface area contributed by atoms with Crippen LogP contribution in [-0.4, -0.2) is 47.4 Å². The van der Waals surface area contributed by atoms with Gasteiger partial charge in [0.1, 0.15) is 6.10 Å². The number of rotatable bonds is 4. The number of urea groups is 1. The Morgan fingerprint density at radius 3 is 2.70 bits per heavy atom. The van der Waals surface area contributed by atoms with E-state index < -0.39 is 0 Å². The van der Waals surface area contributed by atoms with Crippen LogP contribution in [0.15, 0.2) is 48.7 Å². The van der Waals surface area contributed by atoms with Gasteiger partial charge in [-0.3, -0.25) is 5.10 Å². The highest BCUT2D eigenvalue weighted by Gasteiger charge is 2.25. The van der Waals surface area contributed by atoms with Crippen molar-refractivity contribution < 1.29 is 14.3 Å². The number of piperidine rings is 1. The maximum absolute atomic E-state index is 12.6. The molecule has 0 bridgehead atoms. The van der Waals surface area contributed by atoms with Crippen LogP contribution in [0, 0.1) is 0 Å². The zero-order valence-electron chi connectivity index (χ0n) is 15.1. The predicted molar refractivity (Wildman–Crippen MR) is 103 cm³/mol. The van der Waals surface area contributed by atoms with Crippen LogP contribution < -0.4 is 14.8 Å². The van der Waals surface area contributed by atoms with Gasteiger partial charge in [0.2, 0.25) is 0 Å². The number of hydrogen-bond acceptors (Lipinski definition) is 4. The second kappa shape index (κ2) is 7.57. The van der Waals surface area contributed by atoms with Gasteiger partial charge in [-0.25, -0.2) is 4.79 Å². The summed E-state index contributed by atoms with van der Waals surface area (Å²) in [6.45, 7) is 1.29. The quantitative estimate of drug-likeness (QED) is 0.739. The Bertz CT molecular complexity index is 932. The number of carbonyl (C=O) groups excluding carboxylic acids is 1. The Morgan fingerprint density at radius 2 is 1.93 bits per heavy atom. The van der Waals surface area contributed by atoms with E-state index in [1.54, 1.807) is 13.3 Å². The number of fused-ring (bicyclic) bond motifs is 1. The van der Waals surface area contributed by atoms with Crippen molar-refractivity contribution in [1.29, 1.82) is 0 Å². The zero-order chi connectivity index (χ0) is 18.6. The number of ether oxygens (including phenoxy) is 2. The number of nitrogens with zero attached hydrogens (tertiary/aromatic N) is 2.